The second-order valence-electron chi connectivity index (χ2n) is 7.85. The largest absolute Gasteiger partial charge is 0.386 e. The van der Waals surface area contributed by atoms with Crippen molar-refractivity contribution in [1.29, 1.82) is 0 Å². The summed E-state index contributed by atoms with van der Waals surface area (Å²) in [5.74, 6) is 0. The first-order chi connectivity index (χ1) is 12.6. The van der Waals surface area contributed by atoms with Gasteiger partial charge in [0, 0.05) is 0 Å². The number of aryl methyl sites for hydroxylation is 1. The molecule has 4 heteroatoms. The second kappa shape index (κ2) is 15.2. The molecule has 0 saturated carbocycles. The molecule has 1 heterocycles. The van der Waals surface area contributed by atoms with E-state index >= 15 is 0 Å². The lowest BCUT2D eigenvalue weighted by molar-refractivity contribution is -0.697. The summed E-state index contributed by atoms with van der Waals surface area (Å²) in [5.41, 5.74) is 0. The molecular formula is C22H43N2O2+. The topological polar surface area (TPSA) is 49.3 Å². The molecule has 2 N–H and O–H groups in total. The summed E-state index contributed by atoms with van der Waals surface area (Å²) in [6, 6.07) is 0. The van der Waals surface area contributed by atoms with E-state index in [1.807, 2.05) is 18.7 Å². The van der Waals surface area contributed by atoms with E-state index in [9.17, 15) is 10.2 Å². The van der Waals surface area contributed by atoms with Gasteiger partial charge >= 0.3 is 0 Å². The van der Waals surface area contributed by atoms with E-state index in [4.69, 9.17) is 0 Å². The zero-order valence-electron chi connectivity index (χ0n) is 17.3. The van der Waals surface area contributed by atoms with Gasteiger partial charge in [-0.25, -0.2) is 9.13 Å². The number of imidazole rings is 1. The molecule has 0 aromatic carbocycles. The van der Waals surface area contributed by atoms with Crippen molar-refractivity contribution in [2.24, 2.45) is 0 Å². The number of aliphatic hydroxyl groups excluding tert-OH is 2. The zero-order valence-corrected chi connectivity index (χ0v) is 17.3. The Morgan fingerprint density at radius 1 is 0.769 bits per heavy atom. The van der Waals surface area contributed by atoms with Gasteiger partial charge in [-0.15, -0.1) is 0 Å². The third kappa shape index (κ3) is 11.0. The lowest BCUT2D eigenvalue weighted by atomic mass is 10.0. The summed E-state index contributed by atoms with van der Waals surface area (Å²) in [6.07, 6.45) is 23.3. The molecule has 0 saturated heterocycles. The first-order valence-electron chi connectivity index (χ1n) is 11.1. The Morgan fingerprint density at radius 3 is 1.69 bits per heavy atom. The standard InChI is InChI=1S/C22H43N2O2/c1-3-4-5-6-7-8-9-10-11-12-13-14-15-16-17-23-18-19-24(20-23)22(26)21(2)25/h18-22,25-26H,3-17H2,1-2H3/q+1. The summed E-state index contributed by atoms with van der Waals surface area (Å²) in [6.45, 7) is 4.86. The minimum atomic E-state index is -0.854. The molecule has 2 unspecified atom stereocenters. The van der Waals surface area contributed by atoms with Crippen LogP contribution in [0.4, 0.5) is 0 Å². The number of nitrogens with zero attached hydrogens (tertiary/aromatic N) is 2. The Balaban J connectivity index is 1.88. The summed E-state index contributed by atoms with van der Waals surface area (Å²) >= 11 is 0. The Labute approximate surface area is 161 Å². The van der Waals surface area contributed by atoms with Crippen molar-refractivity contribution in [3.8, 4) is 0 Å². The third-order valence-electron chi connectivity index (χ3n) is 5.22. The van der Waals surface area contributed by atoms with Crippen LogP contribution in [0.1, 0.15) is 110 Å². The number of rotatable bonds is 17. The Kier molecular flexibility index (Phi) is 13.6. The predicted octanol–water partition coefficient (Wildman–Crippen LogP) is 5.13. The molecule has 0 aliphatic carbocycles. The molecule has 1 aromatic heterocycles. The normalized spacial score (nSPS) is 13.8. The molecule has 26 heavy (non-hydrogen) atoms. The number of hydrogen-bond acceptors (Lipinski definition) is 2. The van der Waals surface area contributed by atoms with Crippen molar-refractivity contribution in [2.45, 2.75) is 123 Å². The molecule has 2 atom stereocenters. The lowest BCUT2D eigenvalue weighted by Gasteiger charge is -2.08. The highest BCUT2D eigenvalue weighted by Gasteiger charge is 2.18. The summed E-state index contributed by atoms with van der Waals surface area (Å²) in [5, 5.41) is 19.2. The number of aliphatic hydroxyl groups is 2. The van der Waals surface area contributed by atoms with Gasteiger partial charge in [-0.3, -0.25) is 0 Å². The zero-order chi connectivity index (χ0) is 19.0. The summed E-state index contributed by atoms with van der Waals surface area (Å²) < 4.78 is 3.75. The van der Waals surface area contributed by atoms with Gasteiger partial charge in [0.1, 0.15) is 18.5 Å². The van der Waals surface area contributed by atoms with Crippen LogP contribution in [0.2, 0.25) is 0 Å². The van der Waals surface area contributed by atoms with Gasteiger partial charge in [-0.05, 0) is 19.8 Å². The second-order valence-corrected chi connectivity index (χ2v) is 7.85. The van der Waals surface area contributed by atoms with E-state index in [2.05, 4.69) is 11.5 Å². The van der Waals surface area contributed by atoms with E-state index in [-0.39, 0.29) is 0 Å². The van der Waals surface area contributed by atoms with Gasteiger partial charge in [-0.2, -0.15) is 0 Å². The van der Waals surface area contributed by atoms with Gasteiger partial charge in [0.05, 0.1) is 6.54 Å². The Bertz CT molecular complexity index is 432. The number of unbranched alkanes of at least 4 members (excludes halogenated alkanes) is 13. The van der Waals surface area contributed by atoms with Gasteiger partial charge in [0.2, 0.25) is 12.6 Å². The van der Waals surface area contributed by atoms with Gasteiger partial charge in [0.15, 0.2) is 0 Å². The van der Waals surface area contributed by atoms with Crippen LogP contribution in [-0.2, 0) is 6.54 Å². The summed E-state index contributed by atoms with van der Waals surface area (Å²) in [4.78, 5) is 0. The maximum absolute atomic E-state index is 9.81. The molecule has 0 amide bonds. The van der Waals surface area contributed by atoms with Crippen LogP contribution in [0, 0.1) is 0 Å². The minimum Gasteiger partial charge on any atom is -0.386 e. The minimum absolute atomic E-state index is 0.753. The van der Waals surface area contributed by atoms with Crippen LogP contribution in [0.15, 0.2) is 18.7 Å². The average Bonchev–Trinajstić information content (AvgIpc) is 3.10. The monoisotopic (exact) mass is 367 g/mol. The van der Waals surface area contributed by atoms with Crippen molar-refractivity contribution in [3.63, 3.8) is 0 Å². The molecule has 152 valence electrons. The molecule has 0 radical (unpaired) electrons. The number of aromatic nitrogens is 2. The Hall–Kier alpha value is -0.870. The maximum Gasteiger partial charge on any atom is 0.246 e. The molecule has 0 spiro atoms. The highest BCUT2D eigenvalue weighted by Crippen LogP contribution is 2.13. The van der Waals surface area contributed by atoms with Crippen LogP contribution >= 0.6 is 0 Å². The first kappa shape index (κ1) is 23.2. The van der Waals surface area contributed by atoms with Crippen molar-refractivity contribution in [1.82, 2.24) is 4.57 Å². The van der Waals surface area contributed by atoms with Crippen LogP contribution in [0.3, 0.4) is 0 Å². The van der Waals surface area contributed by atoms with Crippen LogP contribution in [0.25, 0.3) is 0 Å². The molecule has 0 aliphatic rings. The fourth-order valence-corrected chi connectivity index (χ4v) is 3.44. The maximum atomic E-state index is 9.81. The van der Waals surface area contributed by atoms with Gasteiger partial charge in [-0.1, -0.05) is 84.0 Å². The molecule has 0 bridgehead atoms. The molecular weight excluding hydrogens is 324 g/mol. The van der Waals surface area contributed by atoms with E-state index < -0.39 is 12.3 Å². The predicted molar refractivity (Wildman–Crippen MR) is 108 cm³/mol. The third-order valence-corrected chi connectivity index (χ3v) is 5.22. The highest BCUT2D eigenvalue weighted by molar-refractivity contribution is 4.72. The van der Waals surface area contributed by atoms with Crippen LogP contribution in [0.5, 0.6) is 0 Å². The summed E-state index contributed by atoms with van der Waals surface area (Å²) in [7, 11) is 0. The van der Waals surface area contributed by atoms with E-state index in [1.165, 1.54) is 89.9 Å². The molecule has 4 nitrogen and oxygen atoms in total. The highest BCUT2D eigenvalue weighted by atomic mass is 16.3. The van der Waals surface area contributed by atoms with Crippen molar-refractivity contribution in [3.05, 3.63) is 18.7 Å². The first-order valence-corrected chi connectivity index (χ1v) is 11.1. The van der Waals surface area contributed by atoms with Crippen LogP contribution < -0.4 is 4.57 Å². The van der Waals surface area contributed by atoms with Gasteiger partial charge in [0.25, 0.3) is 0 Å². The van der Waals surface area contributed by atoms with Crippen LogP contribution in [-0.4, -0.2) is 20.9 Å². The lowest BCUT2D eigenvalue weighted by Crippen LogP contribution is -2.32. The molecule has 0 fully saturated rings. The van der Waals surface area contributed by atoms with Crippen molar-refractivity contribution >= 4 is 0 Å². The van der Waals surface area contributed by atoms with Crippen molar-refractivity contribution < 1.29 is 14.8 Å². The fourth-order valence-electron chi connectivity index (χ4n) is 3.44. The fraction of sp³-hybridized carbons (Fsp3) is 0.864. The average molecular weight is 368 g/mol. The van der Waals surface area contributed by atoms with Crippen molar-refractivity contribution in [2.75, 3.05) is 0 Å². The van der Waals surface area contributed by atoms with E-state index in [0.29, 0.717) is 0 Å². The SMILES string of the molecule is CCCCCCCCCCCCCCCC[n+]1ccn(C(O)C(C)O)c1. The molecule has 1 aromatic rings. The molecule has 0 aliphatic heterocycles. The smallest absolute Gasteiger partial charge is 0.246 e. The Morgan fingerprint density at radius 2 is 1.23 bits per heavy atom. The van der Waals surface area contributed by atoms with E-state index in [1.54, 1.807) is 11.5 Å². The number of hydrogen-bond donors (Lipinski definition) is 2. The quantitative estimate of drug-likeness (QED) is 0.296. The van der Waals surface area contributed by atoms with E-state index in [0.717, 1.165) is 6.54 Å². The van der Waals surface area contributed by atoms with Gasteiger partial charge < -0.3 is 10.2 Å². The molecule has 1 rings (SSSR count).